The van der Waals surface area contributed by atoms with Crippen molar-refractivity contribution in [3.8, 4) is 16.9 Å². The summed E-state index contributed by atoms with van der Waals surface area (Å²) in [5, 5.41) is 6.93. The van der Waals surface area contributed by atoms with Crippen molar-refractivity contribution in [1.29, 1.82) is 0 Å². The van der Waals surface area contributed by atoms with E-state index in [1.54, 1.807) is 0 Å². The van der Waals surface area contributed by atoms with Crippen LogP contribution < -0.4 is 4.74 Å². The molecule has 1 aliphatic rings. The quantitative estimate of drug-likeness (QED) is 0.237. The maximum Gasteiger partial charge on any atom is 0.142 e. The lowest BCUT2D eigenvalue weighted by atomic mass is 9.91. The first kappa shape index (κ1) is 21.6. The van der Waals surface area contributed by atoms with Crippen LogP contribution in [0.3, 0.4) is 0 Å². The van der Waals surface area contributed by atoms with Crippen molar-refractivity contribution >= 4 is 37.9 Å². The number of fused-ring (bicyclic) bond motifs is 3. The molecule has 1 aliphatic carbocycles. The summed E-state index contributed by atoms with van der Waals surface area (Å²) in [4.78, 5) is 4.53. The Morgan fingerprint density at radius 3 is 2.27 bits per heavy atom. The molecular formula is C35H25NO. The van der Waals surface area contributed by atoms with Gasteiger partial charge in [-0.15, -0.1) is 0 Å². The summed E-state index contributed by atoms with van der Waals surface area (Å²) in [6.07, 6.45) is 10.2. The smallest absolute Gasteiger partial charge is 0.142 e. The van der Waals surface area contributed by atoms with Crippen molar-refractivity contribution in [2.45, 2.75) is 12.8 Å². The van der Waals surface area contributed by atoms with Crippen LogP contribution in [0, 0.1) is 0 Å². The summed E-state index contributed by atoms with van der Waals surface area (Å²) in [5.41, 5.74) is 4.81. The summed E-state index contributed by atoms with van der Waals surface area (Å²) in [6.45, 7) is 0. The zero-order chi connectivity index (χ0) is 24.6. The number of pyridine rings is 1. The number of allylic oxidation sites excluding steroid dienone is 4. The molecule has 0 unspecified atom stereocenters. The molecule has 6 aromatic rings. The van der Waals surface area contributed by atoms with Gasteiger partial charge >= 0.3 is 0 Å². The Balaban J connectivity index is 1.42. The number of aromatic nitrogens is 1. The second-order valence-electron chi connectivity index (χ2n) is 9.51. The second kappa shape index (κ2) is 9.07. The van der Waals surface area contributed by atoms with E-state index < -0.39 is 0 Å². The van der Waals surface area contributed by atoms with Gasteiger partial charge in [0.25, 0.3) is 0 Å². The number of ether oxygens (including phenoxy) is 1. The second-order valence-corrected chi connectivity index (χ2v) is 9.51. The number of hydrogen-bond acceptors (Lipinski definition) is 2. The van der Waals surface area contributed by atoms with Crippen molar-refractivity contribution in [3.63, 3.8) is 0 Å². The highest BCUT2D eigenvalue weighted by Gasteiger charge is 2.19. The van der Waals surface area contributed by atoms with E-state index in [9.17, 15) is 0 Å². The predicted molar refractivity (Wildman–Crippen MR) is 155 cm³/mol. The highest BCUT2D eigenvalue weighted by Crippen LogP contribution is 2.44. The van der Waals surface area contributed by atoms with E-state index in [1.807, 2.05) is 12.4 Å². The average Bonchev–Trinajstić information content (AvgIpc) is 2.97. The van der Waals surface area contributed by atoms with E-state index in [1.165, 1.54) is 38.4 Å². The van der Waals surface area contributed by atoms with Gasteiger partial charge in [-0.2, -0.15) is 0 Å². The van der Waals surface area contributed by atoms with Gasteiger partial charge in [0.15, 0.2) is 0 Å². The maximum absolute atomic E-state index is 6.79. The molecule has 1 heterocycles. The zero-order valence-electron chi connectivity index (χ0n) is 20.4. The van der Waals surface area contributed by atoms with Crippen LogP contribution in [0.1, 0.15) is 18.4 Å². The Morgan fingerprint density at radius 1 is 0.622 bits per heavy atom. The summed E-state index contributed by atoms with van der Waals surface area (Å²) in [7, 11) is 0. The third-order valence-corrected chi connectivity index (χ3v) is 7.23. The first-order valence-electron chi connectivity index (χ1n) is 12.8. The molecule has 0 fully saturated rings. The monoisotopic (exact) mass is 475 g/mol. The van der Waals surface area contributed by atoms with Gasteiger partial charge in [0.2, 0.25) is 0 Å². The zero-order valence-corrected chi connectivity index (χ0v) is 20.4. The van der Waals surface area contributed by atoms with Crippen LogP contribution in [0.4, 0.5) is 0 Å². The fourth-order valence-electron chi connectivity index (χ4n) is 5.46. The first-order chi connectivity index (χ1) is 18.3. The molecule has 0 saturated carbocycles. The fraction of sp³-hybridized carbons (Fsp3) is 0.0571. The van der Waals surface area contributed by atoms with Gasteiger partial charge in [0.1, 0.15) is 11.5 Å². The number of rotatable bonds is 4. The molecule has 1 aromatic heterocycles. The number of hydrogen-bond donors (Lipinski definition) is 0. The van der Waals surface area contributed by atoms with Crippen molar-refractivity contribution in [2.75, 3.05) is 0 Å². The highest BCUT2D eigenvalue weighted by molar-refractivity contribution is 6.17. The number of benzene rings is 5. The molecule has 0 N–H and O–H groups in total. The normalized spacial score (nSPS) is 13.5. The van der Waals surface area contributed by atoms with E-state index in [2.05, 4.69) is 120 Å². The van der Waals surface area contributed by atoms with E-state index in [-0.39, 0.29) is 0 Å². The van der Waals surface area contributed by atoms with Gasteiger partial charge in [-0.25, -0.2) is 0 Å². The van der Waals surface area contributed by atoms with Crippen LogP contribution in [0.2, 0.25) is 0 Å². The van der Waals surface area contributed by atoms with Gasteiger partial charge in [-0.05, 0) is 63.1 Å². The Labute approximate surface area is 216 Å². The lowest BCUT2D eigenvalue weighted by Crippen LogP contribution is -2.02. The molecule has 0 radical (unpaired) electrons. The fourth-order valence-corrected chi connectivity index (χ4v) is 5.46. The molecule has 0 spiro atoms. The summed E-state index contributed by atoms with van der Waals surface area (Å²) < 4.78 is 6.79. The predicted octanol–water partition coefficient (Wildman–Crippen LogP) is 9.35. The van der Waals surface area contributed by atoms with Crippen LogP contribution >= 0.6 is 0 Å². The largest absolute Gasteiger partial charge is 0.460 e. The van der Waals surface area contributed by atoms with E-state index in [4.69, 9.17) is 4.74 Å². The van der Waals surface area contributed by atoms with Gasteiger partial charge in [0, 0.05) is 35.0 Å². The van der Waals surface area contributed by atoms with E-state index in [0.29, 0.717) is 0 Å². The van der Waals surface area contributed by atoms with Crippen molar-refractivity contribution in [3.05, 3.63) is 139 Å². The first-order valence-corrected chi connectivity index (χ1v) is 12.8. The molecule has 0 aliphatic heterocycles. The van der Waals surface area contributed by atoms with Crippen LogP contribution in [0.25, 0.3) is 49.0 Å². The molecule has 2 heteroatoms. The molecule has 176 valence electrons. The Kier molecular flexibility index (Phi) is 5.29. The van der Waals surface area contributed by atoms with Crippen LogP contribution in [-0.4, -0.2) is 4.98 Å². The summed E-state index contributed by atoms with van der Waals surface area (Å²) in [5.74, 6) is 1.89. The Bertz CT molecular complexity index is 1790. The third kappa shape index (κ3) is 3.88. The molecule has 0 amide bonds. The minimum Gasteiger partial charge on any atom is -0.460 e. The van der Waals surface area contributed by atoms with Crippen molar-refractivity contribution < 1.29 is 4.74 Å². The van der Waals surface area contributed by atoms with Crippen LogP contribution in [0.15, 0.2) is 133 Å². The molecule has 5 aromatic carbocycles. The highest BCUT2D eigenvalue weighted by atomic mass is 16.5. The minimum atomic E-state index is 0.879. The summed E-state index contributed by atoms with van der Waals surface area (Å²) >= 11 is 0. The molecule has 0 bridgehead atoms. The van der Waals surface area contributed by atoms with Crippen molar-refractivity contribution in [2.24, 2.45) is 0 Å². The van der Waals surface area contributed by atoms with Gasteiger partial charge in [-0.1, -0.05) is 97.1 Å². The Hall–Kier alpha value is -4.69. The van der Waals surface area contributed by atoms with Gasteiger partial charge < -0.3 is 4.74 Å². The standard InChI is InChI=1S/C35H25NO/c1-2-9-24(10-3-1)27-13-8-14-29(22-27)37-35-31-16-7-6-15-30(31)34(33-23-36-20-19-32(33)35)28-18-17-25-11-4-5-12-26(25)21-28/h1-7,9-13,15-23H,8,14H2. The topological polar surface area (TPSA) is 22.1 Å². The number of nitrogens with zero attached hydrogens (tertiary/aromatic N) is 1. The average molecular weight is 476 g/mol. The summed E-state index contributed by atoms with van der Waals surface area (Å²) in [6, 6.07) is 36.4. The van der Waals surface area contributed by atoms with Crippen LogP contribution in [0.5, 0.6) is 5.75 Å². The molecule has 7 rings (SSSR count). The van der Waals surface area contributed by atoms with Gasteiger partial charge in [-0.3, -0.25) is 4.98 Å². The van der Waals surface area contributed by atoms with E-state index >= 15 is 0 Å². The van der Waals surface area contributed by atoms with E-state index in [0.717, 1.165) is 40.5 Å². The molecule has 37 heavy (non-hydrogen) atoms. The van der Waals surface area contributed by atoms with Gasteiger partial charge in [0.05, 0.1) is 0 Å². The molecule has 0 atom stereocenters. The minimum absolute atomic E-state index is 0.879. The lowest BCUT2D eigenvalue weighted by Gasteiger charge is -2.20. The van der Waals surface area contributed by atoms with Crippen LogP contribution in [-0.2, 0) is 0 Å². The maximum atomic E-state index is 6.79. The van der Waals surface area contributed by atoms with Crippen molar-refractivity contribution in [1.82, 2.24) is 4.98 Å². The lowest BCUT2D eigenvalue weighted by molar-refractivity contribution is 0.412. The molecule has 0 saturated heterocycles. The molecule has 2 nitrogen and oxygen atoms in total. The SMILES string of the molecule is C1=C(Oc2c3ccccc3c(-c3ccc4ccccc4c3)c3cnccc23)CCC=C1c1ccccc1. The Morgan fingerprint density at radius 2 is 1.38 bits per heavy atom. The molecular weight excluding hydrogens is 450 g/mol. The third-order valence-electron chi connectivity index (χ3n) is 7.23.